The Morgan fingerprint density at radius 2 is 1.61 bits per heavy atom. The summed E-state index contributed by atoms with van der Waals surface area (Å²) >= 11 is 3.42. The zero-order valence-electron chi connectivity index (χ0n) is 20.8. The molecule has 2 atom stereocenters. The van der Waals surface area contributed by atoms with Crippen LogP contribution in [0.4, 0.5) is 32.0 Å². The normalized spacial score (nSPS) is 15.7. The second-order valence-corrected chi connectivity index (χ2v) is 9.54. The average molecular weight is 656 g/mol. The molecule has 1 saturated heterocycles. The molecule has 3 aromatic rings. The van der Waals surface area contributed by atoms with Gasteiger partial charge in [0, 0.05) is 34.7 Å². The molecule has 2 aromatic carbocycles. The number of fused-ring (bicyclic) bond motifs is 1. The third-order valence-electron chi connectivity index (χ3n) is 5.48. The standard InChI is InChI=1S/C20H22BrN5O.2C2HF3O2/c21-15-3-1-13(2-4-15)9-18(22)20(27)26-8-7-17(12-26)24-16-5-6-19-14(10-16)11-23-25-19;2*3-2(4,5)1(6)7/h1-6,10-11,17-18,24H,7-9,12,22H2,(H,23,25);2*(H,6,7)/t17?,18-;;/m0../s1. The predicted octanol–water partition coefficient (Wildman–Crippen LogP) is 4.17. The van der Waals surface area contributed by atoms with E-state index in [-0.39, 0.29) is 11.9 Å². The average Bonchev–Trinajstić information content (AvgIpc) is 3.54. The van der Waals surface area contributed by atoms with E-state index in [1.165, 1.54) is 0 Å². The Bertz CT molecular complexity index is 1310. The van der Waals surface area contributed by atoms with Gasteiger partial charge in [0.25, 0.3) is 0 Å². The predicted molar refractivity (Wildman–Crippen MR) is 138 cm³/mol. The van der Waals surface area contributed by atoms with E-state index in [2.05, 4.69) is 37.5 Å². The minimum atomic E-state index is -5.08. The number of carbonyl (C=O) groups excluding carboxylic acids is 1. The highest BCUT2D eigenvalue weighted by Gasteiger charge is 2.39. The van der Waals surface area contributed by atoms with E-state index in [1.54, 1.807) is 0 Å². The molecule has 0 bridgehead atoms. The topological polar surface area (TPSA) is 162 Å². The van der Waals surface area contributed by atoms with Crippen molar-refractivity contribution in [1.29, 1.82) is 0 Å². The Labute approximate surface area is 236 Å². The lowest BCUT2D eigenvalue weighted by Crippen LogP contribution is -2.44. The molecule has 0 spiro atoms. The molecule has 1 amide bonds. The van der Waals surface area contributed by atoms with Crippen molar-refractivity contribution in [3.05, 3.63) is 58.7 Å². The number of nitrogens with two attached hydrogens (primary N) is 1. The monoisotopic (exact) mass is 655 g/mol. The van der Waals surface area contributed by atoms with Crippen molar-refractivity contribution in [3.63, 3.8) is 0 Å². The largest absolute Gasteiger partial charge is 0.490 e. The Kier molecular flexibility index (Phi) is 11.5. The van der Waals surface area contributed by atoms with E-state index in [1.807, 2.05) is 47.5 Å². The maximum absolute atomic E-state index is 12.7. The first-order valence-corrected chi connectivity index (χ1v) is 12.4. The number of carbonyl (C=O) groups is 3. The first-order valence-electron chi connectivity index (χ1n) is 11.6. The SMILES string of the molecule is N[C@@H](Cc1ccc(Br)cc1)C(=O)N1CCC(Nc2ccc3[nH]ncc3c2)C1.O=C(O)C(F)(F)F.O=C(O)C(F)(F)F. The Hall–Kier alpha value is -3.86. The number of anilines is 1. The lowest BCUT2D eigenvalue weighted by atomic mass is 10.1. The van der Waals surface area contributed by atoms with E-state index >= 15 is 0 Å². The van der Waals surface area contributed by atoms with Crippen LogP contribution in [0.3, 0.4) is 0 Å². The number of aromatic amines is 1. The van der Waals surface area contributed by atoms with Crippen LogP contribution < -0.4 is 11.1 Å². The highest BCUT2D eigenvalue weighted by atomic mass is 79.9. The number of carboxylic acid groups (broad SMARTS) is 2. The number of rotatable bonds is 5. The number of hydrogen-bond acceptors (Lipinski definition) is 6. The van der Waals surface area contributed by atoms with Crippen molar-refractivity contribution in [2.45, 2.75) is 37.3 Å². The number of halogens is 7. The van der Waals surface area contributed by atoms with Crippen LogP contribution in [0.25, 0.3) is 10.9 Å². The van der Waals surface area contributed by atoms with Gasteiger partial charge in [0.2, 0.25) is 5.91 Å². The molecule has 6 N–H and O–H groups in total. The van der Waals surface area contributed by atoms with Crippen LogP contribution in [0.2, 0.25) is 0 Å². The minimum Gasteiger partial charge on any atom is -0.475 e. The molecular weight excluding hydrogens is 632 g/mol. The maximum Gasteiger partial charge on any atom is 0.490 e. The van der Waals surface area contributed by atoms with Crippen LogP contribution in [0.1, 0.15) is 12.0 Å². The molecule has 0 saturated carbocycles. The number of H-pyrrole nitrogens is 1. The zero-order valence-corrected chi connectivity index (χ0v) is 22.4. The zero-order chi connectivity index (χ0) is 31.0. The number of hydrogen-bond donors (Lipinski definition) is 5. The van der Waals surface area contributed by atoms with Gasteiger partial charge in [-0.15, -0.1) is 0 Å². The van der Waals surface area contributed by atoms with E-state index in [0.29, 0.717) is 13.0 Å². The summed E-state index contributed by atoms with van der Waals surface area (Å²) in [7, 11) is 0. The molecule has 17 heteroatoms. The van der Waals surface area contributed by atoms with E-state index in [0.717, 1.165) is 39.6 Å². The first kappa shape index (κ1) is 33.3. The molecular formula is C24H24BrF6N5O5. The second kappa shape index (κ2) is 14.2. The number of carboxylic acids is 2. The molecule has 1 unspecified atom stereocenters. The summed E-state index contributed by atoms with van der Waals surface area (Å²) in [5.41, 5.74) is 9.31. The third-order valence-corrected chi connectivity index (χ3v) is 6.01. The number of aliphatic carboxylic acids is 2. The summed E-state index contributed by atoms with van der Waals surface area (Å²) in [4.78, 5) is 32.4. The molecule has 0 aliphatic carbocycles. The molecule has 224 valence electrons. The number of nitrogens with zero attached hydrogens (tertiary/aromatic N) is 2. The van der Waals surface area contributed by atoms with Gasteiger partial charge in [-0.25, -0.2) is 9.59 Å². The van der Waals surface area contributed by atoms with Gasteiger partial charge in [-0.1, -0.05) is 28.1 Å². The number of amides is 1. The van der Waals surface area contributed by atoms with Crippen molar-refractivity contribution < 1.29 is 50.9 Å². The van der Waals surface area contributed by atoms with Crippen molar-refractivity contribution in [1.82, 2.24) is 15.1 Å². The van der Waals surface area contributed by atoms with Crippen LogP contribution in [0.15, 0.2) is 53.1 Å². The number of benzene rings is 2. The first-order chi connectivity index (χ1) is 19.0. The number of aromatic nitrogens is 2. The van der Waals surface area contributed by atoms with Gasteiger partial charge in [0.15, 0.2) is 0 Å². The second-order valence-electron chi connectivity index (χ2n) is 8.63. The number of alkyl halides is 6. The summed E-state index contributed by atoms with van der Waals surface area (Å²) in [6.07, 6.45) is -6.88. The van der Waals surface area contributed by atoms with Crippen LogP contribution in [0.5, 0.6) is 0 Å². The molecule has 1 fully saturated rings. The van der Waals surface area contributed by atoms with Crippen LogP contribution in [-0.4, -0.2) is 80.7 Å². The molecule has 1 aliphatic heterocycles. The maximum atomic E-state index is 12.7. The smallest absolute Gasteiger partial charge is 0.475 e. The molecule has 0 radical (unpaired) electrons. The van der Waals surface area contributed by atoms with Gasteiger partial charge in [-0.2, -0.15) is 31.4 Å². The Balaban J connectivity index is 0.000000349. The van der Waals surface area contributed by atoms with Gasteiger partial charge in [-0.3, -0.25) is 9.89 Å². The van der Waals surface area contributed by atoms with Crippen molar-refractivity contribution in [2.75, 3.05) is 18.4 Å². The fourth-order valence-electron chi connectivity index (χ4n) is 3.54. The minimum absolute atomic E-state index is 0.0208. The summed E-state index contributed by atoms with van der Waals surface area (Å²) in [5, 5.41) is 25.8. The molecule has 4 rings (SSSR count). The van der Waals surface area contributed by atoms with Crippen LogP contribution >= 0.6 is 15.9 Å². The van der Waals surface area contributed by atoms with Gasteiger partial charge in [0.05, 0.1) is 17.8 Å². The lowest BCUT2D eigenvalue weighted by molar-refractivity contribution is -0.193. The summed E-state index contributed by atoms with van der Waals surface area (Å²) in [6.45, 7) is 1.41. The molecule has 1 aromatic heterocycles. The van der Waals surface area contributed by atoms with Crippen molar-refractivity contribution in [3.8, 4) is 0 Å². The van der Waals surface area contributed by atoms with Gasteiger partial charge in [0.1, 0.15) is 0 Å². The van der Waals surface area contributed by atoms with E-state index in [9.17, 15) is 31.1 Å². The van der Waals surface area contributed by atoms with Gasteiger partial charge < -0.3 is 26.2 Å². The Morgan fingerprint density at radius 1 is 1.05 bits per heavy atom. The van der Waals surface area contributed by atoms with Crippen LogP contribution in [0, 0.1) is 0 Å². The molecule has 1 aliphatic rings. The fourth-order valence-corrected chi connectivity index (χ4v) is 3.81. The summed E-state index contributed by atoms with van der Waals surface area (Å²) in [5.74, 6) is -5.49. The molecule has 41 heavy (non-hydrogen) atoms. The van der Waals surface area contributed by atoms with Crippen LogP contribution in [-0.2, 0) is 20.8 Å². The molecule has 2 heterocycles. The lowest BCUT2D eigenvalue weighted by Gasteiger charge is -2.21. The highest BCUT2D eigenvalue weighted by molar-refractivity contribution is 9.10. The third kappa shape index (κ3) is 10.9. The van der Waals surface area contributed by atoms with Crippen molar-refractivity contribution in [2.24, 2.45) is 5.73 Å². The summed E-state index contributed by atoms with van der Waals surface area (Å²) in [6, 6.07) is 13.8. The Morgan fingerprint density at radius 3 is 2.15 bits per heavy atom. The van der Waals surface area contributed by atoms with E-state index in [4.69, 9.17) is 25.5 Å². The van der Waals surface area contributed by atoms with E-state index < -0.39 is 30.3 Å². The number of nitrogens with one attached hydrogen (secondary N) is 2. The fraction of sp³-hybridized carbons (Fsp3) is 0.333. The molecule has 10 nitrogen and oxygen atoms in total. The highest BCUT2D eigenvalue weighted by Crippen LogP contribution is 2.21. The number of likely N-dealkylation sites (tertiary alicyclic amines) is 1. The van der Waals surface area contributed by atoms with Crippen molar-refractivity contribution >= 4 is 50.4 Å². The summed E-state index contributed by atoms with van der Waals surface area (Å²) < 4.78 is 64.5. The van der Waals surface area contributed by atoms with Gasteiger partial charge >= 0.3 is 24.3 Å². The quantitative estimate of drug-likeness (QED) is 0.256. The van der Waals surface area contributed by atoms with Gasteiger partial charge in [-0.05, 0) is 48.7 Å².